The Morgan fingerprint density at radius 1 is 1.44 bits per heavy atom. The van der Waals surface area contributed by atoms with Crippen LogP contribution in [-0.4, -0.2) is 17.0 Å². The number of hydrogen-bond acceptors (Lipinski definition) is 3. The summed E-state index contributed by atoms with van der Waals surface area (Å²) in [6, 6.07) is 6.90. The van der Waals surface area contributed by atoms with Crippen molar-refractivity contribution in [1.82, 2.24) is 0 Å². The van der Waals surface area contributed by atoms with Crippen molar-refractivity contribution in [2.75, 3.05) is 5.32 Å². The van der Waals surface area contributed by atoms with Crippen LogP contribution in [0.5, 0.6) is 0 Å². The molecule has 1 aromatic rings. The molecule has 98 valence electrons. The van der Waals surface area contributed by atoms with Gasteiger partial charge < -0.3 is 16.3 Å². The van der Waals surface area contributed by atoms with Gasteiger partial charge in [0.25, 0.3) is 0 Å². The first kappa shape index (κ1) is 14.0. The van der Waals surface area contributed by atoms with E-state index in [4.69, 9.17) is 10.9 Å². The molecule has 1 amide bonds. The van der Waals surface area contributed by atoms with Crippen LogP contribution in [0.4, 0.5) is 5.69 Å². The largest absolute Gasteiger partial charge is 0.409 e. The molecule has 5 heteroatoms. The van der Waals surface area contributed by atoms with Crippen LogP contribution in [0.15, 0.2) is 29.4 Å². The molecule has 0 heterocycles. The summed E-state index contributed by atoms with van der Waals surface area (Å²) in [6.45, 7) is 3.97. The standard InChI is InChI=1S/C13H19N3O2/c1-3-9(4-2)13(17)15-11-7-5-6-10(8-11)12(14)16-18/h5-9,18H,3-4H2,1-2H3,(H2,14,16)(H,15,17). The maximum atomic E-state index is 11.9. The average molecular weight is 249 g/mol. The van der Waals surface area contributed by atoms with E-state index >= 15 is 0 Å². The van der Waals surface area contributed by atoms with Crippen LogP contribution in [0, 0.1) is 5.92 Å². The molecule has 0 fully saturated rings. The molecule has 18 heavy (non-hydrogen) atoms. The summed E-state index contributed by atoms with van der Waals surface area (Å²) < 4.78 is 0. The Hall–Kier alpha value is -2.04. The fourth-order valence-electron chi connectivity index (χ4n) is 1.72. The summed E-state index contributed by atoms with van der Waals surface area (Å²) in [6.07, 6.45) is 1.62. The maximum Gasteiger partial charge on any atom is 0.227 e. The van der Waals surface area contributed by atoms with E-state index in [2.05, 4.69) is 10.5 Å². The van der Waals surface area contributed by atoms with Crippen molar-refractivity contribution >= 4 is 17.4 Å². The van der Waals surface area contributed by atoms with Gasteiger partial charge >= 0.3 is 0 Å². The molecule has 0 aromatic heterocycles. The van der Waals surface area contributed by atoms with E-state index in [1.807, 2.05) is 13.8 Å². The summed E-state index contributed by atoms with van der Waals surface area (Å²) in [5.41, 5.74) is 6.71. The molecule has 0 saturated carbocycles. The third-order valence-electron chi connectivity index (χ3n) is 2.89. The second-order valence-corrected chi connectivity index (χ2v) is 4.07. The number of nitrogens with one attached hydrogen (secondary N) is 1. The van der Waals surface area contributed by atoms with E-state index in [-0.39, 0.29) is 17.7 Å². The highest BCUT2D eigenvalue weighted by molar-refractivity contribution is 5.99. The number of carbonyl (C=O) groups excluding carboxylic acids is 1. The first-order chi connectivity index (χ1) is 8.62. The summed E-state index contributed by atoms with van der Waals surface area (Å²) in [5, 5.41) is 14.4. The first-order valence-corrected chi connectivity index (χ1v) is 6.01. The second-order valence-electron chi connectivity index (χ2n) is 4.07. The lowest BCUT2D eigenvalue weighted by Crippen LogP contribution is -2.22. The van der Waals surface area contributed by atoms with E-state index in [0.717, 1.165) is 12.8 Å². The molecule has 0 aliphatic heterocycles. The summed E-state index contributed by atoms with van der Waals surface area (Å²) in [5.74, 6) is 0.0304. The minimum Gasteiger partial charge on any atom is -0.409 e. The first-order valence-electron chi connectivity index (χ1n) is 6.01. The molecule has 0 spiro atoms. The van der Waals surface area contributed by atoms with E-state index in [1.165, 1.54) is 0 Å². The number of anilines is 1. The van der Waals surface area contributed by atoms with Crippen LogP contribution in [0.1, 0.15) is 32.3 Å². The lowest BCUT2D eigenvalue weighted by molar-refractivity contribution is -0.120. The molecule has 0 aliphatic rings. The highest BCUT2D eigenvalue weighted by Crippen LogP contribution is 2.14. The number of hydrogen-bond donors (Lipinski definition) is 3. The smallest absolute Gasteiger partial charge is 0.227 e. The van der Waals surface area contributed by atoms with E-state index in [9.17, 15) is 4.79 Å². The number of carbonyl (C=O) groups is 1. The third-order valence-corrected chi connectivity index (χ3v) is 2.89. The van der Waals surface area contributed by atoms with Crippen molar-refractivity contribution in [3.8, 4) is 0 Å². The van der Waals surface area contributed by atoms with Crippen LogP contribution in [0.2, 0.25) is 0 Å². The van der Waals surface area contributed by atoms with Crippen molar-refractivity contribution in [3.63, 3.8) is 0 Å². The highest BCUT2D eigenvalue weighted by Gasteiger charge is 2.14. The zero-order valence-corrected chi connectivity index (χ0v) is 10.7. The molecule has 0 bridgehead atoms. The summed E-state index contributed by atoms with van der Waals surface area (Å²) >= 11 is 0. The Morgan fingerprint density at radius 3 is 2.67 bits per heavy atom. The van der Waals surface area contributed by atoms with Crippen molar-refractivity contribution < 1.29 is 10.0 Å². The van der Waals surface area contributed by atoms with Crippen LogP contribution < -0.4 is 11.1 Å². The van der Waals surface area contributed by atoms with Gasteiger partial charge in [0.2, 0.25) is 5.91 Å². The predicted octanol–water partition coefficient (Wildman–Crippen LogP) is 2.16. The van der Waals surface area contributed by atoms with Crippen molar-refractivity contribution in [2.24, 2.45) is 16.8 Å². The van der Waals surface area contributed by atoms with Gasteiger partial charge in [0, 0.05) is 17.2 Å². The average Bonchev–Trinajstić information content (AvgIpc) is 2.39. The highest BCUT2D eigenvalue weighted by atomic mass is 16.4. The summed E-state index contributed by atoms with van der Waals surface area (Å²) in [7, 11) is 0. The Bertz CT molecular complexity index is 440. The topological polar surface area (TPSA) is 87.7 Å². The van der Waals surface area contributed by atoms with Gasteiger partial charge in [0.1, 0.15) is 0 Å². The number of oxime groups is 1. The Kier molecular flexibility index (Phi) is 5.17. The van der Waals surface area contributed by atoms with Gasteiger partial charge in [-0.3, -0.25) is 4.79 Å². The fourth-order valence-corrected chi connectivity index (χ4v) is 1.72. The molecule has 0 atom stereocenters. The zero-order valence-electron chi connectivity index (χ0n) is 10.7. The lowest BCUT2D eigenvalue weighted by atomic mass is 10.0. The number of amidine groups is 1. The Labute approximate surface area is 107 Å². The monoisotopic (exact) mass is 249 g/mol. The van der Waals surface area contributed by atoms with Crippen LogP contribution in [-0.2, 0) is 4.79 Å². The van der Waals surface area contributed by atoms with E-state index in [1.54, 1.807) is 24.3 Å². The quantitative estimate of drug-likeness (QED) is 0.323. The minimum atomic E-state index is -0.00309. The van der Waals surface area contributed by atoms with Crippen molar-refractivity contribution in [3.05, 3.63) is 29.8 Å². The van der Waals surface area contributed by atoms with Gasteiger partial charge in [0.15, 0.2) is 5.84 Å². The van der Waals surface area contributed by atoms with Gasteiger partial charge in [-0.1, -0.05) is 31.1 Å². The molecule has 0 unspecified atom stereocenters. The minimum absolute atomic E-state index is 0.00309. The van der Waals surface area contributed by atoms with Gasteiger partial charge in [-0.25, -0.2) is 0 Å². The Morgan fingerprint density at radius 2 is 2.11 bits per heavy atom. The molecular formula is C13H19N3O2. The van der Waals surface area contributed by atoms with E-state index < -0.39 is 0 Å². The predicted molar refractivity (Wildman–Crippen MR) is 71.7 cm³/mol. The molecule has 1 aromatic carbocycles. The normalized spacial score (nSPS) is 11.6. The van der Waals surface area contributed by atoms with Gasteiger partial charge in [-0.15, -0.1) is 0 Å². The van der Waals surface area contributed by atoms with Crippen molar-refractivity contribution in [2.45, 2.75) is 26.7 Å². The number of amides is 1. The molecule has 0 radical (unpaired) electrons. The second kappa shape index (κ2) is 6.64. The molecule has 0 aliphatic carbocycles. The van der Waals surface area contributed by atoms with Gasteiger partial charge in [-0.05, 0) is 25.0 Å². The van der Waals surface area contributed by atoms with Crippen molar-refractivity contribution in [1.29, 1.82) is 0 Å². The summed E-state index contributed by atoms with van der Waals surface area (Å²) in [4.78, 5) is 11.9. The van der Waals surface area contributed by atoms with Crippen LogP contribution in [0.25, 0.3) is 0 Å². The van der Waals surface area contributed by atoms with Crippen LogP contribution >= 0.6 is 0 Å². The zero-order chi connectivity index (χ0) is 13.5. The van der Waals surface area contributed by atoms with Crippen LogP contribution in [0.3, 0.4) is 0 Å². The Balaban J connectivity index is 2.82. The molecular weight excluding hydrogens is 230 g/mol. The lowest BCUT2D eigenvalue weighted by Gasteiger charge is -2.13. The SMILES string of the molecule is CCC(CC)C(=O)Nc1cccc(/C(N)=N/O)c1. The third kappa shape index (κ3) is 3.48. The fraction of sp³-hybridized carbons (Fsp3) is 0.385. The molecule has 5 nitrogen and oxygen atoms in total. The number of nitrogens with zero attached hydrogens (tertiary/aromatic N) is 1. The van der Waals surface area contributed by atoms with E-state index in [0.29, 0.717) is 11.3 Å². The van der Waals surface area contributed by atoms with Gasteiger partial charge in [0.05, 0.1) is 0 Å². The number of nitrogens with two attached hydrogens (primary N) is 1. The number of benzene rings is 1. The molecule has 4 N–H and O–H groups in total. The maximum absolute atomic E-state index is 11.9. The molecule has 0 saturated heterocycles. The molecule has 1 rings (SSSR count). The van der Waals surface area contributed by atoms with Gasteiger partial charge in [-0.2, -0.15) is 0 Å². The number of rotatable bonds is 5.